The molecule has 0 radical (unpaired) electrons. The number of nitrogens with zero attached hydrogens (tertiary/aromatic N) is 2. The number of carbonyl (C=O) groups excluding carboxylic acids is 2. The Labute approximate surface area is 168 Å². The van der Waals surface area contributed by atoms with Crippen LogP contribution in [0.1, 0.15) is 5.56 Å². The number of amides is 1. The van der Waals surface area contributed by atoms with Gasteiger partial charge >= 0.3 is 5.97 Å². The van der Waals surface area contributed by atoms with E-state index < -0.39 is 11.9 Å². The van der Waals surface area contributed by atoms with Gasteiger partial charge in [0.2, 0.25) is 0 Å². The summed E-state index contributed by atoms with van der Waals surface area (Å²) in [6, 6.07) is 14.2. The third-order valence-electron chi connectivity index (χ3n) is 5.38. The minimum atomic E-state index is -0.419. The number of hydrogen-bond donors (Lipinski definition) is 0. The molecule has 0 spiro atoms. The number of piperazine rings is 1. The predicted octanol–water partition coefficient (Wildman–Crippen LogP) is 2.27. The molecule has 2 aliphatic heterocycles. The molecule has 7 heteroatoms. The Morgan fingerprint density at radius 1 is 1.03 bits per heavy atom. The number of benzene rings is 2. The van der Waals surface area contributed by atoms with E-state index in [0.29, 0.717) is 38.3 Å². The fourth-order valence-corrected chi connectivity index (χ4v) is 3.73. The van der Waals surface area contributed by atoms with E-state index in [0.717, 1.165) is 11.3 Å². The minimum absolute atomic E-state index is 0.233. The number of carbonyl (C=O) groups is 2. The summed E-state index contributed by atoms with van der Waals surface area (Å²) in [5.41, 5.74) is 1.51. The SMILES string of the molecule is O=C(OCC(=O)N1CCN(c2ccccc2F)CC1)C1COc2ccccc2C1. The zero-order valence-electron chi connectivity index (χ0n) is 16.1. The third-order valence-corrected chi connectivity index (χ3v) is 5.38. The van der Waals surface area contributed by atoms with Gasteiger partial charge in [-0.2, -0.15) is 0 Å². The van der Waals surface area contributed by atoms with E-state index in [2.05, 4.69) is 0 Å². The van der Waals surface area contributed by atoms with Gasteiger partial charge in [0.05, 0.1) is 11.6 Å². The molecule has 4 rings (SSSR count). The average molecular weight is 398 g/mol. The van der Waals surface area contributed by atoms with Crippen molar-refractivity contribution in [3.05, 3.63) is 59.9 Å². The van der Waals surface area contributed by atoms with Gasteiger partial charge in [0, 0.05) is 26.2 Å². The van der Waals surface area contributed by atoms with Gasteiger partial charge in [-0.05, 0) is 30.2 Å². The van der Waals surface area contributed by atoms with Crippen LogP contribution in [0.15, 0.2) is 48.5 Å². The van der Waals surface area contributed by atoms with Crippen molar-refractivity contribution in [2.24, 2.45) is 5.92 Å². The van der Waals surface area contributed by atoms with Crippen LogP contribution in [0, 0.1) is 11.7 Å². The maximum atomic E-state index is 13.9. The Bertz CT molecular complexity index is 896. The fraction of sp³-hybridized carbons (Fsp3) is 0.364. The topological polar surface area (TPSA) is 59.1 Å². The first-order valence-corrected chi connectivity index (χ1v) is 9.76. The highest BCUT2D eigenvalue weighted by molar-refractivity contribution is 5.82. The lowest BCUT2D eigenvalue weighted by molar-refractivity contribution is -0.156. The Balaban J connectivity index is 1.24. The molecule has 0 aromatic heterocycles. The van der Waals surface area contributed by atoms with Crippen molar-refractivity contribution in [1.82, 2.24) is 4.90 Å². The average Bonchev–Trinajstić information content (AvgIpc) is 2.77. The van der Waals surface area contributed by atoms with Crippen LogP contribution in [0.2, 0.25) is 0 Å². The maximum Gasteiger partial charge on any atom is 0.313 e. The van der Waals surface area contributed by atoms with Crippen molar-refractivity contribution in [2.45, 2.75) is 6.42 Å². The number of anilines is 1. The zero-order chi connectivity index (χ0) is 20.2. The number of halogens is 1. The second-order valence-corrected chi connectivity index (χ2v) is 7.25. The van der Waals surface area contributed by atoms with Crippen molar-refractivity contribution < 1.29 is 23.5 Å². The lowest BCUT2D eigenvalue weighted by atomic mass is 9.97. The number of rotatable bonds is 4. The summed E-state index contributed by atoms with van der Waals surface area (Å²) in [5, 5.41) is 0. The molecule has 1 unspecified atom stereocenters. The molecule has 152 valence electrons. The van der Waals surface area contributed by atoms with E-state index in [4.69, 9.17) is 9.47 Å². The van der Waals surface area contributed by atoms with E-state index >= 15 is 0 Å². The largest absolute Gasteiger partial charge is 0.492 e. The Hall–Kier alpha value is -3.09. The van der Waals surface area contributed by atoms with Crippen molar-refractivity contribution in [3.8, 4) is 5.75 Å². The Morgan fingerprint density at radius 3 is 2.55 bits per heavy atom. The molecule has 6 nitrogen and oxygen atoms in total. The van der Waals surface area contributed by atoms with Crippen LogP contribution in [0.25, 0.3) is 0 Å². The van der Waals surface area contributed by atoms with Gasteiger partial charge in [0.15, 0.2) is 6.61 Å². The van der Waals surface area contributed by atoms with Gasteiger partial charge in [-0.3, -0.25) is 9.59 Å². The van der Waals surface area contributed by atoms with Crippen molar-refractivity contribution in [3.63, 3.8) is 0 Å². The van der Waals surface area contributed by atoms with Gasteiger partial charge in [0.1, 0.15) is 18.2 Å². The van der Waals surface area contributed by atoms with E-state index in [9.17, 15) is 14.0 Å². The highest BCUT2D eigenvalue weighted by Gasteiger charge is 2.29. The Kier molecular flexibility index (Phi) is 5.64. The Morgan fingerprint density at radius 2 is 1.76 bits per heavy atom. The highest BCUT2D eigenvalue weighted by atomic mass is 19.1. The second-order valence-electron chi connectivity index (χ2n) is 7.25. The molecular weight excluding hydrogens is 375 g/mol. The molecule has 1 saturated heterocycles. The molecule has 2 heterocycles. The number of para-hydroxylation sites is 2. The minimum Gasteiger partial charge on any atom is -0.492 e. The standard InChI is InChI=1S/C22H23FN2O4/c23-18-6-2-3-7-19(18)24-9-11-25(12-10-24)21(26)15-29-22(27)17-13-16-5-1-4-8-20(16)28-14-17/h1-8,17H,9-15H2. The summed E-state index contributed by atoms with van der Waals surface area (Å²) in [6.45, 7) is 1.97. The molecule has 0 aliphatic carbocycles. The summed E-state index contributed by atoms with van der Waals surface area (Å²) >= 11 is 0. The second kappa shape index (κ2) is 8.51. The quantitative estimate of drug-likeness (QED) is 0.740. The molecule has 2 aromatic carbocycles. The first-order valence-electron chi connectivity index (χ1n) is 9.76. The van der Waals surface area contributed by atoms with Gasteiger partial charge < -0.3 is 19.3 Å². The van der Waals surface area contributed by atoms with Crippen LogP contribution in [0.4, 0.5) is 10.1 Å². The van der Waals surface area contributed by atoms with Crippen LogP contribution >= 0.6 is 0 Å². The lowest BCUT2D eigenvalue weighted by Crippen LogP contribution is -2.50. The molecule has 2 aromatic rings. The summed E-state index contributed by atoms with van der Waals surface area (Å²) < 4.78 is 24.8. The summed E-state index contributed by atoms with van der Waals surface area (Å²) in [7, 11) is 0. The van der Waals surface area contributed by atoms with E-state index in [-0.39, 0.29) is 24.9 Å². The molecule has 0 N–H and O–H groups in total. The van der Waals surface area contributed by atoms with Gasteiger partial charge in [-0.1, -0.05) is 30.3 Å². The third kappa shape index (κ3) is 4.34. The van der Waals surface area contributed by atoms with Gasteiger partial charge in [-0.15, -0.1) is 0 Å². The van der Waals surface area contributed by atoms with Crippen LogP contribution in [-0.4, -0.2) is 56.2 Å². The lowest BCUT2D eigenvalue weighted by Gasteiger charge is -2.36. The maximum absolute atomic E-state index is 13.9. The van der Waals surface area contributed by atoms with Crippen LogP contribution in [0.5, 0.6) is 5.75 Å². The summed E-state index contributed by atoms with van der Waals surface area (Å²) in [6.07, 6.45) is 0.546. The van der Waals surface area contributed by atoms with Crippen LogP contribution < -0.4 is 9.64 Å². The molecule has 2 aliphatic rings. The monoisotopic (exact) mass is 398 g/mol. The molecular formula is C22H23FN2O4. The molecule has 0 bridgehead atoms. The van der Waals surface area contributed by atoms with Crippen molar-refractivity contribution >= 4 is 17.6 Å². The first kappa shape index (κ1) is 19.2. The molecule has 1 atom stereocenters. The summed E-state index contributed by atoms with van der Waals surface area (Å²) in [4.78, 5) is 28.3. The number of esters is 1. The van der Waals surface area contributed by atoms with E-state index in [1.54, 1.807) is 23.1 Å². The van der Waals surface area contributed by atoms with E-state index in [1.165, 1.54) is 6.07 Å². The molecule has 0 saturated carbocycles. The fourth-order valence-electron chi connectivity index (χ4n) is 3.73. The van der Waals surface area contributed by atoms with Gasteiger partial charge in [-0.25, -0.2) is 4.39 Å². The molecule has 29 heavy (non-hydrogen) atoms. The molecule has 1 amide bonds. The predicted molar refractivity (Wildman–Crippen MR) is 105 cm³/mol. The highest BCUT2D eigenvalue weighted by Crippen LogP contribution is 2.27. The van der Waals surface area contributed by atoms with E-state index in [1.807, 2.05) is 29.2 Å². The number of fused-ring (bicyclic) bond motifs is 1. The number of hydrogen-bond acceptors (Lipinski definition) is 5. The van der Waals surface area contributed by atoms with Crippen LogP contribution in [0.3, 0.4) is 0 Å². The zero-order valence-corrected chi connectivity index (χ0v) is 16.1. The van der Waals surface area contributed by atoms with Crippen molar-refractivity contribution in [2.75, 3.05) is 44.3 Å². The van der Waals surface area contributed by atoms with Crippen molar-refractivity contribution in [1.29, 1.82) is 0 Å². The molecule has 1 fully saturated rings. The number of ether oxygens (including phenoxy) is 2. The van der Waals surface area contributed by atoms with Gasteiger partial charge in [0.25, 0.3) is 5.91 Å². The smallest absolute Gasteiger partial charge is 0.313 e. The summed E-state index contributed by atoms with van der Waals surface area (Å²) in [5.74, 6) is -0.532. The normalized spacial score (nSPS) is 18.6. The first-order chi connectivity index (χ1) is 14.1. The van der Waals surface area contributed by atoms with Crippen LogP contribution in [-0.2, 0) is 20.7 Å².